The molecular weight excluding hydrogens is 471 g/mol. The molecule has 1 aliphatic heterocycles. The average Bonchev–Trinajstić information content (AvgIpc) is 2.89. The number of ether oxygens (including phenoxy) is 2. The van der Waals surface area contributed by atoms with Gasteiger partial charge in [0.25, 0.3) is 5.91 Å². The summed E-state index contributed by atoms with van der Waals surface area (Å²) in [6.45, 7) is 4.60. The maximum Gasteiger partial charge on any atom is 0.417 e. The highest BCUT2D eigenvalue weighted by Crippen LogP contribution is 2.33. The van der Waals surface area contributed by atoms with Crippen LogP contribution in [0.15, 0.2) is 72.9 Å². The van der Waals surface area contributed by atoms with Crippen LogP contribution in [-0.2, 0) is 24.0 Å². The molecule has 0 unspecified atom stereocenters. The number of halogens is 3. The zero-order chi connectivity index (χ0) is 25.4. The number of hydrogen-bond acceptors (Lipinski definition) is 5. The lowest BCUT2D eigenvalue weighted by Gasteiger charge is -2.26. The smallest absolute Gasteiger partial charge is 0.417 e. The summed E-state index contributed by atoms with van der Waals surface area (Å²) >= 11 is 0. The van der Waals surface area contributed by atoms with Crippen molar-refractivity contribution in [3.8, 4) is 5.75 Å². The first-order valence-electron chi connectivity index (χ1n) is 11.8. The molecule has 1 saturated heterocycles. The fourth-order valence-corrected chi connectivity index (χ4v) is 4.05. The molecular formula is C27H28F3N3O3. The van der Waals surface area contributed by atoms with Gasteiger partial charge < -0.3 is 14.4 Å². The molecule has 2 heterocycles. The molecule has 1 aromatic heterocycles. The molecule has 0 radical (unpaired) electrons. The van der Waals surface area contributed by atoms with Gasteiger partial charge in [-0.15, -0.1) is 0 Å². The average molecular weight is 500 g/mol. The fourth-order valence-electron chi connectivity index (χ4n) is 4.05. The lowest BCUT2D eigenvalue weighted by Crippen LogP contribution is -2.38. The van der Waals surface area contributed by atoms with Gasteiger partial charge in [0.15, 0.2) is 0 Å². The molecule has 9 heteroatoms. The maximum atomic E-state index is 13.6. The highest BCUT2D eigenvalue weighted by molar-refractivity contribution is 5.95. The first kappa shape index (κ1) is 25.7. The number of carbonyl (C=O) groups is 1. The highest BCUT2D eigenvalue weighted by Gasteiger charge is 2.36. The molecule has 6 nitrogen and oxygen atoms in total. The van der Waals surface area contributed by atoms with E-state index in [4.69, 9.17) is 9.47 Å². The van der Waals surface area contributed by atoms with Crippen molar-refractivity contribution in [3.63, 3.8) is 0 Å². The Morgan fingerprint density at radius 3 is 2.53 bits per heavy atom. The molecule has 0 atom stereocenters. The van der Waals surface area contributed by atoms with Crippen molar-refractivity contribution in [1.29, 1.82) is 0 Å². The molecule has 0 bridgehead atoms. The van der Waals surface area contributed by atoms with Crippen molar-refractivity contribution in [3.05, 3.63) is 95.3 Å². The maximum absolute atomic E-state index is 13.6. The van der Waals surface area contributed by atoms with Crippen molar-refractivity contribution < 1.29 is 27.4 Å². The second kappa shape index (κ2) is 12.0. The zero-order valence-electron chi connectivity index (χ0n) is 19.8. The Balaban J connectivity index is 1.51. The molecule has 0 aliphatic carbocycles. The van der Waals surface area contributed by atoms with Crippen LogP contribution in [0.4, 0.5) is 13.2 Å². The van der Waals surface area contributed by atoms with Crippen LogP contribution in [0.25, 0.3) is 0 Å². The minimum atomic E-state index is -4.64. The zero-order valence-corrected chi connectivity index (χ0v) is 19.8. The number of pyridine rings is 1. The van der Waals surface area contributed by atoms with Crippen LogP contribution >= 0.6 is 0 Å². The van der Waals surface area contributed by atoms with Crippen LogP contribution in [0.3, 0.4) is 0 Å². The number of nitrogens with zero attached hydrogens (tertiary/aromatic N) is 3. The molecule has 0 N–H and O–H groups in total. The SMILES string of the molecule is O=C(c1ccccc1C(F)(F)F)N(Cc1cccc(OCCN2CCOCC2)c1)Cc1ccccn1. The van der Waals surface area contributed by atoms with E-state index in [-0.39, 0.29) is 18.7 Å². The number of rotatable bonds is 9. The van der Waals surface area contributed by atoms with Gasteiger partial charge in [0.2, 0.25) is 0 Å². The van der Waals surface area contributed by atoms with E-state index in [0.29, 0.717) is 31.3 Å². The summed E-state index contributed by atoms with van der Waals surface area (Å²) < 4.78 is 52.1. The number of benzene rings is 2. The van der Waals surface area contributed by atoms with E-state index in [2.05, 4.69) is 9.88 Å². The monoisotopic (exact) mass is 499 g/mol. The van der Waals surface area contributed by atoms with Gasteiger partial charge in [0.05, 0.1) is 36.6 Å². The number of aromatic nitrogens is 1. The van der Waals surface area contributed by atoms with E-state index in [0.717, 1.165) is 31.3 Å². The molecule has 1 fully saturated rings. The Labute approximate surface area is 208 Å². The molecule has 2 aromatic carbocycles. The summed E-state index contributed by atoms with van der Waals surface area (Å²) in [5, 5.41) is 0. The Hall–Kier alpha value is -3.43. The quantitative estimate of drug-likeness (QED) is 0.429. The fraction of sp³-hybridized carbons (Fsp3) is 0.333. The number of amides is 1. The van der Waals surface area contributed by atoms with Gasteiger partial charge in [-0.05, 0) is 42.0 Å². The van der Waals surface area contributed by atoms with Crippen LogP contribution < -0.4 is 4.74 Å². The summed E-state index contributed by atoms with van der Waals surface area (Å²) in [5.74, 6) is -0.0751. The summed E-state index contributed by atoms with van der Waals surface area (Å²) in [6, 6.07) is 17.4. The van der Waals surface area contributed by atoms with Crippen molar-refractivity contribution in [2.75, 3.05) is 39.5 Å². The van der Waals surface area contributed by atoms with Crippen LogP contribution in [0.2, 0.25) is 0 Å². The molecule has 3 aromatic rings. The predicted octanol–water partition coefficient (Wildman–Crippen LogP) is 4.65. The third kappa shape index (κ3) is 7.05. The molecule has 1 amide bonds. The van der Waals surface area contributed by atoms with Gasteiger partial charge in [0.1, 0.15) is 12.4 Å². The second-order valence-corrected chi connectivity index (χ2v) is 8.48. The molecule has 1 aliphatic rings. The van der Waals surface area contributed by atoms with Crippen molar-refractivity contribution in [2.24, 2.45) is 0 Å². The van der Waals surface area contributed by atoms with Crippen LogP contribution in [0.5, 0.6) is 5.75 Å². The number of morpholine rings is 1. The van der Waals surface area contributed by atoms with E-state index in [1.54, 1.807) is 24.4 Å². The third-order valence-electron chi connectivity index (χ3n) is 5.88. The minimum absolute atomic E-state index is 0.0635. The van der Waals surface area contributed by atoms with E-state index in [1.165, 1.54) is 23.1 Å². The van der Waals surface area contributed by atoms with Crippen LogP contribution in [0, 0.1) is 0 Å². The van der Waals surface area contributed by atoms with Gasteiger partial charge in [-0.2, -0.15) is 13.2 Å². The van der Waals surface area contributed by atoms with E-state index in [1.807, 2.05) is 24.3 Å². The summed E-state index contributed by atoms with van der Waals surface area (Å²) in [6.07, 6.45) is -3.05. The first-order valence-corrected chi connectivity index (χ1v) is 11.8. The van der Waals surface area contributed by atoms with E-state index in [9.17, 15) is 18.0 Å². The Morgan fingerprint density at radius 1 is 1.00 bits per heavy atom. The van der Waals surface area contributed by atoms with Crippen molar-refractivity contribution in [2.45, 2.75) is 19.3 Å². The first-order chi connectivity index (χ1) is 17.4. The number of hydrogen-bond donors (Lipinski definition) is 0. The summed E-state index contributed by atoms with van der Waals surface area (Å²) in [4.78, 5) is 21.3. The van der Waals surface area contributed by atoms with Gasteiger partial charge in [-0.3, -0.25) is 14.7 Å². The van der Waals surface area contributed by atoms with Crippen molar-refractivity contribution in [1.82, 2.24) is 14.8 Å². The standard InChI is InChI=1S/C27H28F3N3O3/c28-27(29,30)25-10-2-1-9-24(25)26(34)33(20-22-7-3-4-11-31-22)19-21-6-5-8-23(18-21)36-17-14-32-12-15-35-16-13-32/h1-11,18H,12-17,19-20H2. The number of carbonyl (C=O) groups excluding carboxylic acids is 1. The lowest BCUT2D eigenvalue weighted by molar-refractivity contribution is -0.138. The summed E-state index contributed by atoms with van der Waals surface area (Å²) in [5.41, 5.74) is -0.0269. The molecule has 4 rings (SSSR count). The second-order valence-electron chi connectivity index (χ2n) is 8.48. The predicted molar refractivity (Wildman–Crippen MR) is 128 cm³/mol. The summed E-state index contributed by atoms with van der Waals surface area (Å²) in [7, 11) is 0. The molecule has 0 saturated carbocycles. The van der Waals surface area contributed by atoms with E-state index >= 15 is 0 Å². The topological polar surface area (TPSA) is 54.9 Å². The van der Waals surface area contributed by atoms with Gasteiger partial charge in [-0.1, -0.05) is 30.3 Å². The molecule has 190 valence electrons. The van der Waals surface area contributed by atoms with Crippen LogP contribution in [0.1, 0.15) is 27.2 Å². The Bertz CT molecular complexity index is 1140. The highest BCUT2D eigenvalue weighted by atomic mass is 19.4. The van der Waals surface area contributed by atoms with Crippen LogP contribution in [-0.4, -0.2) is 60.1 Å². The Kier molecular flexibility index (Phi) is 8.56. The largest absolute Gasteiger partial charge is 0.492 e. The minimum Gasteiger partial charge on any atom is -0.492 e. The van der Waals surface area contributed by atoms with Crippen molar-refractivity contribution >= 4 is 5.91 Å². The van der Waals surface area contributed by atoms with Gasteiger partial charge in [-0.25, -0.2) is 0 Å². The third-order valence-corrected chi connectivity index (χ3v) is 5.88. The van der Waals surface area contributed by atoms with Gasteiger partial charge in [0, 0.05) is 32.4 Å². The molecule has 0 spiro atoms. The molecule has 36 heavy (non-hydrogen) atoms. The Morgan fingerprint density at radius 2 is 1.78 bits per heavy atom. The normalized spacial score (nSPS) is 14.4. The lowest BCUT2D eigenvalue weighted by atomic mass is 10.0. The van der Waals surface area contributed by atoms with Gasteiger partial charge >= 0.3 is 6.18 Å². The van der Waals surface area contributed by atoms with E-state index < -0.39 is 17.6 Å². The number of alkyl halides is 3.